The number of benzene rings is 3. The van der Waals surface area contributed by atoms with Gasteiger partial charge in [0.1, 0.15) is 0 Å². The number of hydrogen-bond donors (Lipinski definition) is 2. The molecular formula is C24H22O3. The molecule has 0 bridgehead atoms. The second kappa shape index (κ2) is 7.01. The van der Waals surface area contributed by atoms with Gasteiger partial charge in [0.05, 0.1) is 0 Å². The first-order chi connectivity index (χ1) is 13.0. The summed E-state index contributed by atoms with van der Waals surface area (Å²) in [6.07, 6.45) is 1.90. The molecule has 27 heavy (non-hydrogen) atoms. The van der Waals surface area contributed by atoms with E-state index in [0.29, 0.717) is 6.42 Å². The molecule has 3 aromatic carbocycles. The number of aliphatic carboxylic acids is 1. The third kappa shape index (κ3) is 3.64. The van der Waals surface area contributed by atoms with Gasteiger partial charge in [-0.1, -0.05) is 72.8 Å². The maximum absolute atomic E-state index is 11.3. The van der Waals surface area contributed by atoms with Crippen molar-refractivity contribution in [2.24, 2.45) is 0 Å². The fraction of sp³-hybridized carbons (Fsp3) is 0.208. The van der Waals surface area contributed by atoms with Gasteiger partial charge in [0.2, 0.25) is 0 Å². The number of aryl methyl sites for hydroxylation is 1. The van der Waals surface area contributed by atoms with Crippen molar-refractivity contribution in [3.8, 4) is 11.1 Å². The Morgan fingerprint density at radius 3 is 2.37 bits per heavy atom. The van der Waals surface area contributed by atoms with Crippen molar-refractivity contribution in [3.05, 3.63) is 95.1 Å². The fourth-order valence-electron chi connectivity index (χ4n) is 3.83. The maximum atomic E-state index is 11.3. The lowest BCUT2D eigenvalue weighted by Crippen LogP contribution is -2.43. The van der Waals surface area contributed by atoms with Gasteiger partial charge in [-0.15, -0.1) is 0 Å². The van der Waals surface area contributed by atoms with E-state index >= 15 is 0 Å². The van der Waals surface area contributed by atoms with Crippen LogP contribution >= 0.6 is 0 Å². The summed E-state index contributed by atoms with van der Waals surface area (Å²) in [6.45, 7) is 0. The standard InChI is InChI=1S/C24H22O3/c25-23(26)24(27)12-11-21-15-20(9-10-22(21)16-24)19-8-4-7-18(14-19)13-17-5-2-1-3-6-17/h1-10,14-15,27H,11-13,16H2,(H,25,26). The van der Waals surface area contributed by atoms with Crippen LogP contribution in [0.25, 0.3) is 11.1 Å². The van der Waals surface area contributed by atoms with E-state index in [-0.39, 0.29) is 12.8 Å². The van der Waals surface area contributed by atoms with E-state index in [4.69, 9.17) is 0 Å². The van der Waals surface area contributed by atoms with Gasteiger partial charge >= 0.3 is 5.97 Å². The lowest BCUT2D eigenvalue weighted by molar-refractivity contribution is -0.159. The predicted octanol–water partition coefficient (Wildman–Crippen LogP) is 4.25. The van der Waals surface area contributed by atoms with Gasteiger partial charge in [0.25, 0.3) is 0 Å². The lowest BCUT2D eigenvalue weighted by Gasteiger charge is -2.30. The predicted molar refractivity (Wildman–Crippen MR) is 106 cm³/mol. The van der Waals surface area contributed by atoms with Crippen molar-refractivity contribution in [3.63, 3.8) is 0 Å². The van der Waals surface area contributed by atoms with Crippen LogP contribution in [0.15, 0.2) is 72.8 Å². The smallest absolute Gasteiger partial charge is 0.336 e. The van der Waals surface area contributed by atoms with Crippen LogP contribution in [-0.4, -0.2) is 21.8 Å². The third-order valence-corrected chi connectivity index (χ3v) is 5.41. The molecule has 0 fully saturated rings. The second-order valence-corrected chi connectivity index (χ2v) is 7.36. The molecule has 1 aliphatic carbocycles. The topological polar surface area (TPSA) is 57.5 Å². The normalized spacial score (nSPS) is 18.7. The Labute approximate surface area is 158 Å². The van der Waals surface area contributed by atoms with Crippen LogP contribution in [0, 0.1) is 0 Å². The van der Waals surface area contributed by atoms with E-state index in [1.54, 1.807) is 0 Å². The molecule has 1 aliphatic rings. The zero-order valence-electron chi connectivity index (χ0n) is 15.1. The lowest BCUT2D eigenvalue weighted by atomic mass is 9.79. The van der Waals surface area contributed by atoms with Gasteiger partial charge in [-0.2, -0.15) is 0 Å². The number of carboxylic acid groups (broad SMARTS) is 1. The van der Waals surface area contributed by atoms with Crippen LogP contribution in [0.5, 0.6) is 0 Å². The van der Waals surface area contributed by atoms with Gasteiger partial charge < -0.3 is 10.2 Å². The van der Waals surface area contributed by atoms with Crippen molar-refractivity contribution < 1.29 is 15.0 Å². The Balaban J connectivity index is 1.60. The molecule has 0 spiro atoms. The Hall–Kier alpha value is -2.91. The van der Waals surface area contributed by atoms with Gasteiger partial charge in [0.15, 0.2) is 5.60 Å². The molecule has 4 rings (SSSR count). The van der Waals surface area contributed by atoms with Crippen LogP contribution in [-0.2, 0) is 24.1 Å². The van der Waals surface area contributed by atoms with Crippen LogP contribution < -0.4 is 0 Å². The van der Waals surface area contributed by atoms with Crippen molar-refractivity contribution in [2.75, 3.05) is 0 Å². The van der Waals surface area contributed by atoms with Gasteiger partial charge in [-0.25, -0.2) is 4.79 Å². The summed E-state index contributed by atoms with van der Waals surface area (Å²) in [5.74, 6) is -1.13. The zero-order valence-corrected chi connectivity index (χ0v) is 15.1. The second-order valence-electron chi connectivity index (χ2n) is 7.36. The average Bonchev–Trinajstić information content (AvgIpc) is 2.68. The van der Waals surface area contributed by atoms with Gasteiger partial charge in [-0.05, 0) is 52.6 Å². The minimum atomic E-state index is -1.63. The molecule has 2 N–H and O–H groups in total. The van der Waals surface area contributed by atoms with Crippen LogP contribution in [0.4, 0.5) is 0 Å². The quantitative estimate of drug-likeness (QED) is 0.733. The fourth-order valence-corrected chi connectivity index (χ4v) is 3.83. The molecule has 3 nitrogen and oxygen atoms in total. The van der Waals surface area contributed by atoms with E-state index < -0.39 is 11.6 Å². The number of fused-ring (bicyclic) bond motifs is 1. The first-order valence-corrected chi connectivity index (χ1v) is 9.24. The molecule has 1 unspecified atom stereocenters. The maximum Gasteiger partial charge on any atom is 0.336 e. The summed E-state index contributed by atoms with van der Waals surface area (Å²) < 4.78 is 0. The number of carboxylic acids is 1. The van der Waals surface area contributed by atoms with E-state index in [1.807, 2.05) is 18.2 Å². The molecule has 0 saturated heterocycles. The van der Waals surface area contributed by atoms with E-state index in [0.717, 1.165) is 28.7 Å². The molecule has 136 valence electrons. The van der Waals surface area contributed by atoms with E-state index in [1.165, 1.54) is 11.1 Å². The van der Waals surface area contributed by atoms with Crippen molar-refractivity contribution in [2.45, 2.75) is 31.3 Å². The molecule has 3 aromatic rings. The molecule has 0 radical (unpaired) electrons. The van der Waals surface area contributed by atoms with Crippen molar-refractivity contribution in [1.29, 1.82) is 0 Å². The summed E-state index contributed by atoms with van der Waals surface area (Å²) in [5.41, 5.74) is 5.26. The molecule has 0 aliphatic heterocycles. The Morgan fingerprint density at radius 1 is 0.852 bits per heavy atom. The van der Waals surface area contributed by atoms with E-state index in [9.17, 15) is 15.0 Å². The minimum Gasteiger partial charge on any atom is -0.479 e. The van der Waals surface area contributed by atoms with Gasteiger partial charge in [0, 0.05) is 6.42 Å². The molecular weight excluding hydrogens is 336 g/mol. The Morgan fingerprint density at radius 2 is 1.59 bits per heavy atom. The van der Waals surface area contributed by atoms with Crippen LogP contribution in [0.1, 0.15) is 28.7 Å². The minimum absolute atomic E-state index is 0.173. The van der Waals surface area contributed by atoms with Crippen LogP contribution in [0.3, 0.4) is 0 Å². The number of aliphatic hydroxyl groups is 1. The third-order valence-electron chi connectivity index (χ3n) is 5.41. The number of carbonyl (C=O) groups is 1. The summed E-state index contributed by atoms with van der Waals surface area (Å²) in [4.78, 5) is 11.3. The average molecular weight is 358 g/mol. The molecule has 0 saturated carbocycles. The number of hydrogen-bond acceptors (Lipinski definition) is 2. The SMILES string of the molecule is O=C(O)C1(O)CCc2cc(-c3cccc(Cc4ccccc4)c3)ccc2C1. The first kappa shape index (κ1) is 17.5. The summed E-state index contributed by atoms with van der Waals surface area (Å²) >= 11 is 0. The highest BCUT2D eigenvalue weighted by molar-refractivity contribution is 5.78. The highest BCUT2D eigenvalue weighted by Gasteiger charge is 2.39. The Kier molecular flexibility index (Phi) is 4.54. The van der Waals surface area contributed by atoms with Crippen molar-refractivity contribution in [1.82, 2.24) is 0 Å². The zero-order chi connectivity index (χ0) is 18.9. The largest absolute Gasteiger partial charge is 0.479 e. The monoisotopic (exact) mass is 358 g/mol. The summed E-state index contributed by atoms with van der Waals surface area (Å²) in [6, 6.07) is 25.1. The molecule has 0 aromatic heterocycles. The Bertz CT molecular complexity index is 978. The number of rotatable bonds is 4. The van der Waals surface area contributed by atoms with Gasteiger partial charge in [-0.3, -0.25) is 0 Å². The molecule has 0 amide bonds. The van der Waals surface area contributed by atoms with Crippen LogP contribution in [0.2, 0.25) is 0 Å². The molecule has 0 heterocycles. The molecule has 3 heteroatoms. The highest BCUT2D eigenvalue weighted by atomic mass is 16.4. The molecule has 1 atom stereocenters. The summed E-state index contributed by atoms with van der Waals surface area (Å²) in [7, 11) is 0. The highest BCUT2D eigenvalue weighted by Crippen LogP contribution is 2.32. The summed E-state index contributed by atoms with van der Waals surface area (Å²) in [5, 5.41) is 19.5. The van der Waals surface area contributed by atoms with E-state index in [2.05, 4.69) is 54.6 Å². The van der Waals surface area contributed by atoms with Crippen molar-refractivity contribution >= 4 is 5.97 Å². The first-order valence-electron chi connectivity index (χ1n) is 9.24.